The molecule has 0 saturated heterocycles. The van der Waals surface area contributed by atoms with Crippen LogP contribution in [0.4, 0.5) is 10.5 Å². The number of nitrogens with zero attached hydrogens (tertiary/aromatic N) is 1. The van der Waals surface area contributed by atoms with E-state index in [1.54, 1.807) is 24.5 Å². The highest BCUT2D eigenvalue weighted by Gasteiger charge is 2.14. The van der Waals surface area contributed by atoms with Gasteiger partial charge in [0.15, 0.2) is 6.10 Å². The van der Waals surface area contributed by atoms with Gasteiger partial charge in [0.2, 0.25) is 0 Å². The van der Waals surface area contributed by atoms with E-state index in [0.717, 1.165) is 10.8 Å². The van der Waals surface area contributed by atoms with Crippen LogP contribution in [0.25, 0.3) is 10.8 Å². The van der Waals surface area contributed by atoms with Gasteiger partial charge < -0.3 is 20.8 Å². The second-order valence-electron chi connectivity index (χ2n) is 4.09. The molecule has 20 heavy (non-hydrogen) atoms. The van der Waals surface area contributed by atoms with Gasteiger partial charge in [0.05, 0.1) is 12.2 Å². The Labute approximate surface area is 114 Å². The van der Waals surface area contributed by atoms with Crippen LogP contribution in [0.5, 0.6) is 0 Å². The number of anilines is 1. The van der Waals surface area contributed by atoms with Gasteiger partial charge in [-0.05, 0) is 17.5 Å². The largest absolute Gasteiger partial charge is 0.479 e. The van der Waals surface area contributed by atoms with Gasteiger partial charge in [0.25, 0.3) is 0 Å². The molecule has 0 radical (unpaired) electrons. The lowest BCUT2D eigenvalue weighted by Gasteiger charge is -2.11. The van der Waals surface area contributed by atoms with Crippen molar-refractivity contribution in [1.29, 1.82) is 0 Å². The maximum absolute atomic E-state index is 11.6. The fourth-order valence-electron chi connectivity index (χ4n) is 1.67. The quantitative estimate of drug-likeness (QED) is 0.659. The molecule has 1 aromatic heterocycles. The molecule has 7 heteroatoms. The first kappa shape index (κ1) is 13.8. The third kappa shape index (κ3) is 3.21. The van der Waals surface area contributed by atoms with Gasteiger partial charge >= 0.3 is 12.0 Å². The van der Waals surface area contributed by atoms with E-state index in [1.807, 2.05) is 12.1 Å². The lowest BCUT2D eigenvalue weighted by molar-refractivity contribution is -0.146. The Hall–Kier alpha value is -2.67. The van der Waals surface area contributed by atoms with Crippen molar-refractivity contribution < 1.29 is 19.8 Å². The first-order chi connectivity index (χ1) is 9.58. The molecule has 2 aromatic rings. The third-order valence-electron chi connectivity index (χ3n) is 2.67. The molecular formula is C13H13N3O4. The Morgan fingerprint density at radius 1 is 1.30 bits per heavy atom. The van der Waals surface area contributed by atoms with Crippen LogP contribution in [0.2, 0.25) is 0 Å². The van der Waals surface area contributed by atoms with Gasteiger partial charge in [-0.25, -0.2) is 9.59 Å². The molecule has 1 atom stereocenters. The van der Waals surface area contributed by atoms with E-state index in [0.29, 0.717) is 5.69 Å². The van der Waals surface area contributed by atoms with Crippen LogP contribution in [0.1, 0.15) is 0 Å². The van der Waals surface area contributed by atoms with Crippen LogP contribution < -0.4 is 10.6 Å². The van der Waals surface area contributed by atoms with Crippen LogP contribution in [-0.4, -0.2) is 39.8 Å². The predicted octanol–water partition coefficient (Wildman–Crippen LogP) is 0.802. The number of carboxylic acids is 1. The van der Waals surface area contributed by atoms with Crippen LogP contribution in [-0.2, 0) is 4.79 Å². The zero-order valence-corrected chi connectivity index (χ0v) is 10.4. The average Bonchev–Trinajstić information content (AvgIpc) is 2.45. The van der Waals surface area contributed by atoms with Gasteiger partial charge in [-0.1, -0.05) is 12.1 Å². The highest BCUT2D eigenvalue weighted by atomic mass is 16.4. The summed E-state index contributed by atoms with van der Waals surface area (Å²) in [6.07, 6.45) is 1.64. The summed E-state index contributed by atoms with van der Waals surface area (Å²) in [6, 6.07) is 6.59. The number of benzene rings is 1. The third-order valence-corrected chi connectivity index (χ3v) is 2.67. The van der Waals surface area contributed by atoms with Crippen LogP contribution in [0.3, 0.4) is 0 Å². The van der Waals surface area contributed by atoms with E-state index in [-0.39, 0.29) is 6.54 Å². The number of aliphatic hydroxyl groups excluding tert-OH is 1. The van der Waals surface area contributed by atoms with Crippen molar-refractivity contribution >= 4 is 28.5 Å². The fraction of sp³-hybridized carbons (Fsp3) is 0.154. The fourth-order valence-corrected chi connectivity index (χ4v) is 1.67. The molecule has 0 saturated carbocycles. The SMILES string of the molecule is O=C(NC[C@H](O)C(=O)O)Nc1cccc2ccncc12. The van der Waals surface area contributed by atoms with Crippen molar-refractivity contribution in [3.05, 3.63) is 36.7 Å². The van der Waals surface area contributed by atoms with Crippen molar-refractivity contribution in [3.8, 4) is 0 Å². The zero-order valence-electron chi connectivity index (χ0n) is 10.4. The number of rotatable bonds is 4. The summed E-state index contributed by atoms with van der Waals surface area (Å²) in [4.78, 5) is 26.0. The summed E-state index contributed by atoms with van der Waals surface area (Å²) in [6.45, 7) is -0.371. The molecule has 1 aromatic carbocycles. The summed E-state index contributed by atoms with van der Waals surface area (Å²) in [5.74, 6) is -1.39. The number of aliphatic carboxylic acids is 1. The van der Waals surface area contributed by atoms with E-state index in [1.165, 1.54) is 0 Å². The molecule has 4 N–H and O–H groups in total. The lowest BCUT2D eigenvalue weighted by Crippen LogP contribution is -2.38. The number of aromatic nitrogens is 1. The molecule has 0 aliphatic rings. The number of carbonyl (C=O) groups is 2. The number of pyridine rings is 1. The van der Waals surface area contributed by atoms with Crippen LogP contribution >= 0.6 is 0 Å². The van der Waals surface area contributed by atoms with Crippen molar-refractivity contribution in [2.75, 3.05) is 11.9 Å². The first-order valence-corrected chi connectivity index (χ1v) is 5.86. The lowest BCUT2D eigenvalue weighted by atomic mass is 10.1. The number of nitrogens with one attached hydrogen (secondary N) is 2. The minimum atomic E-state index is -1.63. The smallest absolute Gasteiger partial charge is 0.334 e. The minimum Gasteiger partial charge on any atom is -0.479 e. The highest BCUT2D eigenvalue weighted by molar-refractivity contribution is 6.01. The molecule has 104 valence electrons. The summed E-state index contributed by atoms with van der Waals surface area (Å²) in [5.41, 5.74) is 0.554. The Morgan fingerprint density at radius 2 is 2.10 bits per heavy atom. The normalized spacial score (nSPS) is 11.8. The molecule has 1 heterocycles. The molecule has 2 amide bonds. The van der Waals surface area contributed by atoms with E-state index >= 15 is 0 Å². The number of carbonyl (C=O) groups excluding carboxylic acids is 1. The number of urea groups is 1. The molecule has 0 fully saturated rings. The summed E-state index contributed by atoms with van der Waals surface area (Å²) < 4.78 is 0. The number of carboxylic acid groups (broad SMARTS) is 1. The van der Waals surface area contributed by atoms with Gasteiger partial charge in [0, 0.05) is 17.8 Å². The Bertz CT molecular complexity index is 639. The summed E-state index contributed by atoms with van der Waals surface area (Å²) >= 11 is 0. The van der Waals surface area contributed by atoms with E-state index in [4.69, 9.17) is 10.2 Å². The number of amides is 2. The van der Waals surface area contributed by atoms with Crippen molar-refractivity contribution in [3.63, 3.8) is 0 Å². The van der Waals surface area contributed by atoms with Crippen molar-refractivity contribution in [2.45, 2.75) is 6.10 Å². The summed E-state index contributed by atoms with van der Waals surface area (Å²) in [7, 11) is 0. The molecule has 0 aliphatic heterocycles. The molecule has 7 nitrogen and oxygen atoms in total. The van der Waals surface area contributed by atoms with Gasteiger partial charge in [-0.15, -0.1) is 0 Å². The second kappa shape index (κ2) is 5.98. The second-order valence-corrected chi connectivity index (χ2v) is 4.09. The highest BCUT2D eigenvalue weighted by Crippen LogP contribution is 2.21. The van der Waals surface area contributed by atoms with Gasteiger partial charge in [-0.2, -0.15) is 0 Å². The van der Waals surface area contributed by atoms with E-state index in [2.05, 4.69) is 15.6 Å². The average molecular weight is 275 g/mol. The first-order valence-electron chi connectivity index (χ1n) is 5.86. The Balaban J connectivity index is 2.05. The van der Waals surface area contributed by atoms with Gasteiger partial charge in [0.1, 0.15) is 0 Å². The minimum absolute atomic E-state index is 0.371. The topological polar surface area (TPSA) is 112 Å². The molecule has 0 spiro atoms. The van der Waals surface area contributed by atoms with E-state index < -0.39 is 18.1 Å². The van der Waals surface area contributed by atoms with Crippen molar-refractivity contribution in [1.82, 2.24) is 10.3 Å². The molecule has 0 bridgehead atoms. The monoisotopic (exact) mass is 275 g/mol. The number of fused-ring (bicyclic) bond motifs is 1. The maximum atomic E-state index is 11.6. The number of aliphatic hydroxyl groups is 1. The number of hydrogen-bond donors (Lipinski definition) is 4. The molecule has 0 unspecified atom stereocenters. The maximum Gasteiger partial charge on any atom is 0.334 e. The molecule has 2 rings (SSSR count). The van der Waals surface area contributed by atoms with Gasteiger partial charge in [-0.3, -0.25) is 4.98 Å². The van der Waals surface area contributed by atoms with E-state index in [9.17, 15) is 9.59 Å². The van der Waals surface area contributed by atoms with Crippen molar-refractivity contribution in [2.24, 2.45) is 0 Å². The Morgan fingerprint density at radius 3 is 2.85 bits per heavy atom. The zero-order chi connectivity index (χ0) is 14.5. The standard InChI is InChI=1S/C13H13N3O4/c17-11(12(18)19)7-15-13(20)16-10-3-1-2-8-4-5-14-6-9(8)10/h1-6,11,17H,7H2,(H,18,19)(H2,15,16,20)/t11-/m0/s1. The Kier molecular flexibility index (Phi) is 4.11. The number of hydrogen-bond acceptors (Lipinski definition) is 4. The van der Waals surface area contributed by atoms with Crippen LogP contribution in [0.15, 0.2) is 36.7 Å². The molecular weight excluding hydrogens is 262 g/mol. The van der Waals surface area contributed by atoms with Crippen LogP contribution in [0, 0.1) is 0 Å². The summed E-state index contributed by atoms with van der Waals surface area (Å²) in [5, 5.41) is 24.1. The molecule has 0 aliphatic carbocycles. The predicted molar refractivity (Wildman–Crippen MR) is 72.4 cm³/mol.